The smallest absolute Gasteiger partial charge is 0.410 e. The van der Waals surface area contributed by atoms with E-state index >= 15 is 0 Å². The van der Waals surface area contributed by atoms with Crippen LogP contribution in [0.4, 0.5) is 4.79 Å². The Balaban J connectivity index is 1.74. The number of nitrogens with zero attached hydrogens (tertiary/aromatic N) is 1. The van der Waals surface area contributed by atoms with Crippen molar-refractivity contribution in [1.82, 2.24) is 4.90 Å². The normalized spacial score (nSPS) is 20.0. The van der Waals surface area contributed by atoms with E-state index in [1.165, 1.54) is 4.90 Å². The van der Waals surface area contributed by atoms with Crippen LogP contribution in [0.2, 0.25) is 0 Å². The van der Waals surface area contributed by atoms with Gasteiger partial charge in [-0.1, -0.05) is 67.6 Å². The molecule has 34 heavy (non-hydrogen) atoms. The minimum absolute atomic E-state index is 0.0225. The summed E-state index contributed by atoms with van der Waals surface area (Å²) in [6.45, 7) is 7.68. The van der Waals surface area contributed by atoms with Crippen LogP contribution in [0, 0.1) is 11.3 Å². The molecule has 182 valence electrons. The van der Waals surface area contributed by atoms with Crippen LogP contribution in [0.3, 0.4) is 0 Å². The third-order valence-corrected chi connectivity index (χ3v) is 5.87. The summed E-state index contributed by atoms with van der Waals surface area (Å²) in [4.78, 5) is 40.4. The molecule has 7 nitrogen and oxygen atoms in total. The highest BCUT2D eigenvalue weighted by Gasteiger charge is 2.54. The number of benzene rings is 2. The number of likely N-dealkylation sites (tertiary alicyclic amines) is 1. The van der Waals surface area contributed by atoms with E-state index < -0.39 is 29.0 Å². The molecule has 1 aliphatic heterocycles. The van der Waals surface area contributed by atoms with Crippen molar-refractivity contribution in [2.75, 3.05) is 13.1 Å². The summed E-state index contributed by atoms with van der Waals surface area (Å²) >= 11 is 0. The summed E-state index contributed by atoms with van der Waals surface area (Å²) in [6, 6.07) is 18.7. The van der Waals surface area contributed by atoms with Crippen molar-refractivity contribution in [2.45, 2.75) is 52.9 Å². The number of ether oxygens (including phenoxy) is 3. The molecule has 0 spiro atoms. The molecule has 1 fully saturated rings. The Morgan fingerprint density at radius 3 is 1.97 bits per heavy atom. The number of esters is 2. The van der Waals surface area contributed by atoms with Gasteiger partial charge in [-0.05, 0) is 37.8 Å². The van der Waals surface area contributed by atoms with Crippen LogP contribution in [0.25, 0.3) is 0 Å². The number of hydrogen-bond acceptors (Lipinski definition) is 6. The Kier molecular flexibility index (Phi) is 7.97. The Morgan fingerprint density at radius 2 is 1.44 bits per heavy atom. The first-order valence-electron chi connectivity index (χ1n) is 11.5. The number of rotatable bonds is 7. The molecular formula is C27H33NO6. The van der Waals surface area contributed by atoms with Gasteiger partial charge < -0.3 is 19.1 Å². The molecule has 1 aliphatic rings. The van der Waals surface area contributed by atoms with Crippen molar-refractivity contribution in [3.05, 3.63) is 71.8 Å². The maximum Gasteiger partial charge on any atom is 0.410 e. The van der Waals surface area contributed by atoms with Crippen LogP contribution in [0.15, 0.2) is 60.7 Å². The molecule has 0 aliphatic carbocycles. The van der Waals surface area contributed by atoms with Crippen molar-refractivity contribution >= 4 is 18.0 Å². The molecule has 1 amide bonds. The van der Waals surface area contributed by atoms with Crippen molar-refractivity contribution in [3.8, 4) is 0 Å². The molecule has 0 unspecified atom stereocenters. The largest absolute Gasteiger partial charge is 0.460 e. The zero-order valence-corrected chi connectivity index (χ0v) is 20.3. The molecule has 0 bridgehead atoms. The van der Waals surface area contributed by atoms with Gasteiger partial charge in [-0.15, -0.1) is 0 Å². The van der Waals surface area contributed by atoms with E-state index in [2.05, 4.69) is 0 Å². The van der Waals surface area contributed by atoms with Gasteiger partial charge in [0.2, 0.25) is 0 Å². The Bertz CT molecular complexity index is 985. The lowest BCUT2D eigenvalue weighted by molar-refractivity contribution is -0.170. The Labute approximate surface area is 201 Å². The zero-order valence-electron chi connectivity index (χ0n) is 20.3. The van der Waals surface area contributed by atoms with E-state index in [-0.39, 0.29) is 38.6 Å². The van der Waals surface area contributed by atoms with Crippen LogP contribution in [-0.4, -0.2) is 41.6 Å². The highest BCUT2D eigenvalue weighted by Crippen LogP contribution is 2.41. The fourth-order valence-electron chi connectivity index (χ4n) is 4.09. The molecule has 2 aromatic rings. The Morgan fingerprint density at radius 1 is 0.912 bits per heavy atom. The second-order valence-electron chi connectivity index (χ2n) is 9.80. The van der Waals surface area contributed by atoms with E-state index in [1.54, 1.807) is 20.8 Å². The lowest BCUT2D eigenvalue weighted by Crippen LogP contribution is -2.43. The van der Waals surface area contributed by atoms with Crippen molar-refractivity contribution in [2.24, 2.45) is 11.3 Å². The van der Waals surface area contributed by atoms with Gasteiger partial charge in [0.1, 0.15) is 24.2 Å². The van der Waals surface area contributed by atoms with Crippen molar-refractivity contribution in [3.63, 3.8) is 0 Å². The summed E-state index contributed by atoms with van der Waals surface area (Å²) < 4.78 is 16.6. The van der Waals surface area contributed by atoms with Crippen LogP contribution >= 0.6 is 0 Å². The first-order chi connectivity index (χ1) is 16.1. The summed E-state index contributed by atoms with van der Waals surface area (Å²) in [5.41, 5.74) is -0.205. The van der Waals surface area contributed by atoms with Gasteiger partial charge in [0.25, 0.3) is 0 Å². The van der Waals surface area contributed by atoms with Crippen LogP contribution in [0.5, 0.6) is 0 Å². The first-order valence-corrected chi connectivity index (χ1v) is 11.5. The molecule has 0 radical (unpaired) electrons. The molecule has 2 atom stereocenters. The molecule has 0 saturated carbocycles. The van der Waals surface area contributed by atoms with Gasteiger partial charge in [-0.25, -0.2) is 4.79 Å². The van der Waals surface area contributed by atoms with Gasteiger partial charge in [-0.3, -0.25) is 9.59 Å². The summed E-state index contributed by atoms with van der Waals surface area (Å²) in [5.74, 6) is -1.35. The van der Waals surface area contributed by atoms with Gasteiger partial charge in [0, 0.05) is 13.1 Å². The number of carbonyl (C=O) groups excluding carboxylic acids is 3. The predicted molar refractivity (Wildman–Crippen MR) is 126 cm³/mol. The molecule has 3 rings (SSSR count). The van der Waals surface area contributed by atoms with Gasteiger partial charge >= 0.3 is 18.0 Å². The summed E-state index contributed by atoms with van der Waals surface area (Å²) in [5, 5.41) is 0. The van der Waals surface area contributed by atoms with E-state index in [0.29, 0.717) is 0 Å². The van der Waals surface area contributed by atoms with E-state index in [9.17, 15) is 14.4 Å². The first kappa shape index (κ1) is 25.3. The van der Waals surface area contributed by atoms with E-state index in [4.69, 9.17) is 14.2 Å². The van der Waals surface area contributed by atoms with Gasteiger partial charge in [-0.2, -0.15) is 0 Å². The molecule has 0 N–H and O–H groups in total. The number of hydrogen-bond donors (Lipinski definition) is 0. The van der Waals surface area contributed by atoms with Crippen LogP contribution in [-0.2, 0) is 37.0 Å². The lowest BCUT2D eigenvalue weighted by atomic mass is 9.76. The fraction of sp³-hybridized carbons (Fsp3) is 0.444. The molecular weight excluding hydrogens is 434 g/mol. The molecule has 7 heteroatoms. The van der Waals surface area contributed by atoms with Gasteiger partial charge in [0.05, 0.1) is 6.42 Å². The average Bonchev–Trinajstić information content (AvgIpc) is 3.13. The second-order valence-corrected chi connectivity index (χ2v) is 9.80. The molecule has 1 saturated heterocycles. The standard InChI is InChI=1S/C27H33NO6/c1-20-16-28(25(31)33-18-22-13-9-6-10-14-22)19-27(20,15-23(29)34-26(2,3)4)24(30)32-17-21-11-7-5-8-12-21/h5-14,20H,15-19H2,1-4H3/t20-,27-/m1/s1. The SMILES string of the molecule is C[C@@H]1CN(C(=O)OCc2ccccc2)C[C@@]1(CC(=O)OC(C)(C)C)C(=O)OCc1ccccc1. The maximum atomic E-state index is 13.4. The Hall–Kier alpha value is -3.35. The maximum absolute atomic E-state index is 13.4. The minimum Gasteiger partial charge on any atom is -0.460 e. The van der Waals surface area contributed by atoms with Gasteiger partial charge in [0.15, 0.2) is 0 Å². The average molecular weight is 468 g/mol. The lowest BCUT2D eigenvalue weighted by Gasteiger charge is -2.31. The van der Waals surface area contributed by atoms with Crippen molar-refractivity contribution < 1.29 is 28.6 Å². The number of carbonyl (C=O) groups is 3. The predicted octanol–water partition coefficient (Wildman–Crippen LogP) is 4.74. The quantitative estimate of drug-likeness (QED) is 0.432. The topological polar surface area (TPSA) is 82.1 Å². The highest BCUT2D eigenvalue weighted by atomic mass is 16.6. The van der Waals surface area contributed by atoms with Crippen molar-refractivity contribution in [1.29, 1.82) is 0 Å². The highest BCUT2D eigenvalue weighted by molar-refractivity contribution is 5.85. The monoisotopic (exact) mass is 467 g/mol. The zero-order chi connectivity index (χ0) is 24.8. The number of amides is 1. The van der Waals surface area contributed by atoms with E-state index in [0.717, 1.165) is 11.1 Å². The van der Waals surface area contributed by atoms with Crippen LogP contribution in [0.1, 0.15) is 45.2 Å². The molecule has 1 heterocycles. The third-order valence-electron chi connectivity index (χ3n) is 5.87. The fourth-order valence-corrected chi connectivity index (χ4v) is 4.09. The van der Waals surface area contributed by atoms with Crippen LogP contribution < -0.4 is 0 Å². The molecule has 0 aromatic heterocycles. The van der Waals surface area contributed by atoms with E-state index in [1.807, 2.05) is 67.6 Å². The molecule has 2 aromatic carbocycles. The summed E-state index contributed by atoms with van der Waals surface area (Å²) in [7, 11) is 0. The second kappa shape index (κ2) is 10.7. The third kappa shape index (κ3) is 6.59. The summed E-state index contributed by atoms with van der Waals surface area (Å²) in [6.07, 6.45) is -0.709. The minimum atomic E-state index is -1.22.